The summed E-state index contributed by atoms with van der Waals surface area (Å²) >= 11 is 0. The van der Waals surface area contributed by atoms with Crippen molar-refractivity contribution in [3.05, 3.63) is 40.2 Å². The fourth-order valence-corrected chi connectivity index (χ4v) is 1.42. The molecule has 18 heavy (non-hydrogen) atoms. The van der Waals surface area contributed by atoms with Crippen LogP contribution in [0.15, 0.2) is 24.4 Å². The van der Waals surface area contributed by atoms with E-state index in [4.69, 9.17) is 4.74 Å². The molecule has 0 aliphatic rings. The third kappa shape index (κ3) is 2.03. The molecule has 1 aromatic carbocycles. The number of carbonyl (C=O) groups excluding carboxylic acids is 1. The smallest absolute Gasteiger partial charge is 0.273 e. The van der Waals surface area contributed by atoms with Crippen molar-refractivity contribution in [1.29, 1.82) is 0 Å². The average Bonchev–Trinajstić information content (AvgIpc) is 2.86. The van der Waals surface area contributed by atoms with Crippen molar-refractivity contribution in [2.75, 3.05) is 7.11 Å². The highest BCUT2D eigenvalue weighted by molar-refractivity contribution is 5.71. The molecular weight excluding hydrogens is 240 g/mol. The van der Waals surface area contributed by atoms with E-state index in [9.17, 15) is 14.9 Å². The van der Waals surface area contributed by atoms with Gasteiger partial charge in [-0.15, -0.1) is 5.10 Å². The van der Waals surface area contributed by atoms with Gasteiger partial charge in [0, 0.05) is 6.07 Å². The highest BCUT2D eigenvalue weighted by atomic mass is 16.6. The summed E-state index contributed by atoms with van der Waals surface area (Å²) in [6.45, 7) is 0. The third-order valence-electron chi connectivity index (χ3n) is 2.25. The van der Waals surface area contributed by atoms with Gasteiger partial charge in [-0.1, -0.05) is 5.21 Å². The van der Waals surface area contributed by atoms with Crippen LogP contribution in [0.25, 0.3) is 5.69 Å². The summed E-state index contributed by atoms with van der Waals surface area (Å²) in [5.41, 5.74) is 0.533. The summed E-state index contributed by atoms with van der Waals surface area (Å²) in [5, 5.41) is 18.0. The molecule has 0 saturated heterocycles. The Morgan fingerprint density at radius 2 is 2.28 bits per heavy atom. The number of aromatic nitrogens is 3. The number of methoxy groups -OCH3 is 1. The second-order valence-corrected chi connectivity index (χ2v) is 3.32. The first-order chi connectivity index (χ1) is 8.65. The van der Waals surface area contributed by atoms with Crippen LogP contribution in [0.3, 0.4) is 0 Å². The van der Waals surface area contributed by atoms with Crippen molar-refractivity contribution < 1.29 is 14.5 Å². The molecule has 0 aliphatic heterocycles. The number of nitro benzene ring substituents is 1. The van der Waals surface area contributed by atoms with E-state index >= 15 is 0 Å². The molecule has 0 aliphatic carbocycles. The highest BCUT2D eigenvalue weighted by Crippen LogP contribution is 2.27. The number of rotatable bonds is 4. The Morgan fingerprint density at radius 3 is 2.83 bits per heavy atom. The van der Waals surface area contributed by atoms with Gasteiger partial charge in [0.15, 0.2) is 12.0 Å². The molecule has 0 bridgehead atoms. The van der Waals surface area contributed by atoms with Gasteiger partial charge in [0.2, 0.25) is 0 Å². The van der Waals surface area contributed by atoms with Crippen molar-refractivity contribution in [2.24, 2.45) is 0 Å². The van der Waals surface area contributed by atoms with Crippen LogP contribution in [-0.4, -0.2) is 33.3 Å². The summed E-state index contributed by atoms with van der Waals surface area (Å²) in [7, 11) is 1.39. The van der Waals surface area contributed by atoms with Gasteiger partial charge in [-0.05, 0) is 6.07 Å². The Hall–Kier alpha value is -2.77. The molecule has 0 atom stereocenters. The SMILES string of the molecule is COc1cc([N+](=O)[O-])ccc1-n1cc(C=O)nn1. The number of hydrogen-bond acceptors (Lipinski definition) is 6. The summed E-state index contributed by atoms with van der Waals surface area (Å²) in [6, 6.07) is 4.07. The third-order valence-corrected chi connectivity index (χ3v) is 2.25. The Morgan fingerprint density at radius 1 is 1.50 bits per heavy atom. The van der Waals surface area contributed by atoms with E-state index < -0.39 is 4.92 Å². The van der Waals surface area contributed by atoms with Crippen LogP contribution in [0.5, 0.6) is 5.75 Å². The summed E-state index contributed by atoms with van der Waals surface area (Å²) in [4.78, 5) is 20.6. The minimum absolute atomic E-state index is 0.0914. The molecule has 0 fully saturated rings. The molecule has 8 heteroatoms. The lowest BCUT2D eigenvalue weighted by molar-refractivity contribution is -0.384. The molecule has 1 heterocycles. The van der Waals surface area contributed by atoms with Crippen molar-refractivity contribution in [3.63, 3.8) is 0 Å². The monoisotopic (exact) mass is 248 g/mol. The van der Waals surface area contributed by atoms with E-state index in [-0.39, 0.29) is 17.1 Å². The minimum atomic E-state index is -0.523. The second kappa shape index (κ2) is 4.62. The molecule has 2 rings (SSSR count). The molecule has 8 nitrogen and oxygen atoms in total. The van der Waals surface area contributed by atoms with E-state index in [0.717, 1.165) is 0 Å². The normalized spacial score (nSPS) is 10.1. The number of ether oxygens (including phenoxy) is 1. The van der Waals surface area contributed by atoms with Crippen molar-refractivity contribution in [1.82, 2.24) is 15.0 Å². The van der Waals surface area contributed by atoms with Crippen molar-refractivity contribution in [3.8, 4) is 11.4 Å². The molecule has 0 radical (unpaired) electrons. The molecule has 0 saturated carbocycles. The Balaban J connectivity index is 2.50. The average molecular weight is 248 g/mol. The van der Waals surface area contributed by atoms with E-state index in [0.29, 0.717) is 12.0 Å². The van der Waals surface area contributed by atoms with E-state index in [1.165, 1.54) is 36.2 Å². The first kappa shape index (κ1) is 11.7. The van der Waals surface area contributed by atoms with E-state index in [2.05, 4.69) is 10.3 Å². The van der Waals surface area contributed by atoms with E-state index in [1.807, 2.05) is 0 Å². The number of carbonyl (C=O) groups is 1. The quantitative estimate of drug-likeness (QED) is 0.454. The van der Waals surface area contributed by atoms with Gasteiger partial charge in [-0.25, -0.2) is 4.68 Å². The minimum Gasteiger partial charge on any atom is -0.494 e. The molecule has 0 unspecified atom stereocenters. The summed E-state index contributed by atoms with van der Waals surface area (Å²) in [6.07, 6.45) is 1.96. The lowest BCUT2D eigenvalue weighted by Gasteiger charge is -2.06. The van der Waals surface area contributed by atoms with Crippen LogP contribution in [0.2, 0.25) is 0 Å². The van der Waals surface area contributed by atoms with Crippen LogP contribution in [0.1, 0.15) is 10.5 Å². The van der Waals surface area contributed by atoms with Gasteiger partial charge in [0.05, 0.1) is 24.3 Å². The fraction of sp³-hybridized carbons (Fsp3) is 0.100. The largest absolute Gasteiger partial charge is 0.494 e. The lowest BCUT2D eigenvalue weighted by Crippen LogP contribution is -2.00. The number of benzene rings is 1. The zero-order chi connectivity index (χ0) is 13.1. The predicted octanol–water partition coefficient (Wildman–Crippen LogP) is 0.997. The van der Waals surface area contributed by atoms with Crippen LogP contribution >= 0.6 is 0 Å². The second-order valence-electron chi connectivity index (χ2n) is 3.32. The topological polar surface area (TPSA) is 100 Å². The zero-order valence-corrected chi connectivity index (χ0v) is 9.31. The number of nitro groups is 1. The molecule has 2 aromatic rings. The molecule has 0 amide bonds. The fourth-order valence-electron chi connectivity index (χ4n) is 1.42. The number of non-ortho nitro benzene ring substituents is 1. The van der Waals surface area contributed by atoms with Crippen LogP contribution in [-0.2, 0) is 0 Å². The maximum absolute atomic E-state index is 10.6. The Kier molecular flexibility index (Phi) is 3.00. The van der Waals surface area contributed by atoms with E-state index in [1.54, 1.807) is 0 Å². The Labute approximate surface area is 101 Å². The maximum atomic E-state index is 10.6. The molecule has 0 spiro atoms. The van der Waals surface area contributed by atoms with Gasteiger partial charge in [-0.3, -0.25) is 14.9 Å². The Bertz CT molecular complexity index is 608. The van der Waals surface area contributed by atoms with Crippen LogP contribution in [0, 0.1) is 10.1 Å². The number of nitrogens with zero attached hydrogens (tertiary/aromatic N) is 4. The number of hydrogen-bond donors (Lipinski definition) is 0. The number of aldehydes is 1. The van der Waals surface area contributed by atoms with Crippen molar-refractivity contribution >= 4 is 12.0 Å². The van der Waals surface area contributed by atoms with Gasteiger partial charge in [-0.2, -0.15) is 0 Å². The van der Waals surface area contributed by atoms with Crippen LogP contribution in [0.4, 0.5) is 5.69 Å². The first-order valence-electron chi connectivity index (χ1n) is 4.86. The van der Waals surface area contributed by atoms with Gasteiger partial charge < -0.3 is 4.74 Å². The maximum Gasteiger partial charge on any atom is 0.273 e. The summed E-state index contributed by atoms with van der Waals surface area (Å²) < 4.78 is 6.36. The molecule has 92 valence electrons. The standard InChI is InChI=1S/C10H8N4O4/c1-18-10-4-8(14(16)17)2-3-9(10)13-5-7(6-15)11-12-13/h2-6H,1H3. The van der Waals surface area contributed by atoms with Gasteiger partial charge >= 0.3 is 0 Å². The van der Waals surface area contributed by atoms with Crippen LogP contribution < -0.4 is 4.74 Å². The highest BCUT2D eigenvalue weighted by Gasteiger charge is 2.13. The van der Waals surface area contributed by atoms with Gasteiger partial charge in [0.1, 0.15) is 11.4 Å². The lowest BCUT2D eigenvalue weighted by atomic mass is 10.2. The van der Waals surface area contributed by atoms with Crippen molar-refractivity contribution in [2.45, 2.75) is 0 Å². The predicted molar refractivity (Wildman–Crippen MR) is 60.0 cm³/mol. The molecular formula is C10H8N4O4. The molecule has 1 aromatic heterocycles. The zero-order valence-electron chi connectivity index (χ0n) is 9.31. The summed E-state index contributed by atoms with van der Waals surface area (Å²) in [5.74, 6) is 0.270. The van der Waals surface area contributed by atoms with Gasteiger partial charge in [0.25, 0.3) is 5.69 Å². The molecule has 0 N–H and O–H groups in total. The first-order valence-corrected chi connectivity index (χ1v) is 4.86.